The molecule has 2 N–H and O–H groups in total. The Morgan fingerprint density at radius 3 is 3.00 bits per heavy atom. The summed E-state index contributed by atoms with van der Waals surface area (Å²) >= 11 is 5.24. The maximum absolute atomic E-state index is 5.46. The summed E-state index contributed by atoms with van der Waals surface area (Å²) < 4.78 is 10.4. The normalized spacial score (nSPS) is 25.1. The largest absolute Gasteiger partial charge is 0.385 e. The van der Waals surface area contributed by atoms with Crippen LogP contribution < -0.4 is 10.6 Å². The van der Waals surface area contributed by atoms with E-state index in [9.17, 15) is 0 Å². The molecule has 5 heteroatoms. The molecule has 1 saturated heterocycles. The average Bonchev–Trinajstić information content (AvgIpc) is 2.25. The summed E-state index contributed by atoms with van der Waals surface area (Å²) in [6.07, 6.45) is 3.16. The van der Waals surface area contributed by atoms with Crippen molar-refractivity contribution in [2.45, 2.75) is 31.7 Å². The van der Waals surface area contributed by atoms with Crippen LogP contribution in [0.4, 0.5) is 0 Å². The zero-order valence-electron chi connectivity index (χ0n) is 10.2. The third kappa shape index (κ3) is 5.09. The van der Waals surface area contributed by atoms with Gasteiger partial charge < -0.3 is 20.1 Å². The Labute approximate surface area is 103 Å². The molecule has 1 unspecified atom stereocenters. The van der Waals surface area contributed by atoms with E-state index >= 15 is 0 Å². The highest BCUT2D eigenvalue weighted by Crippen LogP contribution is 2.17. The zero-order valence-corrected chi connectivity index (χ0v) is 11.0. The summed E-state index contributed by atoms with van der Waals surface area (Å²) in [4.78, 5) is 0. The number of hydrogen-bond donors (Lipinski definition) is 2. The van der Waals surface area contributed by atoms with Gasteiger partial charge in [-0.25, -0.2) is 0 Å². The SMILES string of the molecule is COCCCNC(=S)NC1(C)CCCOC1. The Balaban J connectivity index is 2.17. The number of methoxy groups -OCH3 is 1. The van der Waals surface area contributed by atoms with E-state index in [1.165, 1.54) is 0 Å². The van der Waals surface area contributed by atoms with Crippen LogP contribution in [0.25, 0.3) is 0 Å². The summed E-state index contributed by atoms with van der Waals surface area (Å²) in [5.41, 5.74) is -0.0103. The van der Waals surface area contributed by atoms with Crippen molar-refractivity contribution in [2.75, 3.05) is 33.5 Å². The Bertz CT molecular complexity index is 218. The third-order valence-electron chi connectivity index (χ3n) is 2.66. The van der Waals surface area contributed by atoms with Crippen molar-refractivity contribution >= 4 is 17.3 Å². The molecule has 1 rings (SSSR count). The highest BCUT2D eigenvalue weighted by Gasteiger charge is 2.27. The maximum Gasteiger partial charge on any atom is 0.166 e. The van der Waals surface area contributed by atoms with Gasteiger partial charge in [0.15, 0.2) is 5.11 Å². The van der Waals surface area contributed by atoms with E-state index < -0.39 is 0 Å². The molecule has 1 aliphatic heterocycles. The van der Waals surface area contributed by atoms with E-state index in [1.54, 1.807) is 7.11 Å². The fourth-order valence-corrected chi connectivity index (χ4v) is 2.12. The molecule has 0 aliphatic carbocycles. The molecule has 0 spiro atoms. The van der Waals surface area contributed by atoms with Crippen LogP contribution in [-0.2, 0) is 9.47 Å². The second-order valence-electron chi connectivity index (χ2n) is 4.44. The molecule has 94 valence electrons. The summed E-state index contributed by atoms with van der Waals surface area (Å²) in [7, 11) is 1.71. The van der Waals surface area contributed by atoms with E-state index in [2.05, 4.69) is 17.6 Å². The first-order valence-electron chi connectivity index (χ1n) is 5.79. The van der Waals surface area contributed by atoms with Crippen LogP contribution in [0.3, 0.4) is 0 Å². The van der Waals surface area contributed by atoms with Gasteiger partial charge in [-0.3, -0.25) is 0 Å². The molecule has 0 aromatic heterocycles. The molecule has 0 bridgehead atoms. The van der Waals surface area contributed by atoms with E-state index in [0.717, 1.165) is 45.6 Å². The zero-order chi connectivity index (χ0) is 11.9. The summed E-state index contributed by atoms with van der Waals surface area (Å²) in [5.74, 6) is 0. The lowest BCUT2D eigenvalue weighted by Crippen LogP contribution is -2.54. The van der Waals surface area contributed by atoms with Gasteiger partial charge in [0.25, 0.3) is 0 Å². The molecular weight excluding hydrogens is 224 g/mol. The highest BCUT2D eigenvalue weighted by atomic mass is 32.1. The van der Waals surface area contributed by atoms with Gasteiger partial charge in [0, 0.05) is 26.9 Å². The van der Waals surface area contributed by atoms with Crippen molar-refractivity contribution in [3.63, 3.8) is 0 Å². The van der Waals surface area contributed by atoms with Gasteiger partial charge in [0.05, 0.1) is 12.1 Å². The number of rotatable bonds is 5. The van der Waals surface area contributed by atoms with Gasteiger partial charge in [0.2, 0.25) is 0 Å². The second-order valence-corrected chi connectivity index (χ2v) is 4.85. The molecule has 4 nitrogen and oxygen atoms in total. The molecule has 0 aromatic rings. The third-order valence-corrected chi connectivity index (χ3v) is 2.91. The monoisotopic (exact) mass is 246 g/mol. The van der Waals surface area contributed by atoms with Crippen molar-refractivity contribution in [3.05, 3.63) is 0 Å². The lowest BCUT2D eigenvalue weighted by molar-refractivity contribution is 0.0370. The predicted octanol–water partition coefficient (Wildman–Crippen LogP) is 1.06. The van der Waals surface area contributed by atoms with Gasteiger partial charge in [-0.1, -0.05) is 0 Å². The minimum Gasteiger partial charge on any atom is -0.385 e. The molecule has 0 radical (unpaired) electrons. The number of ether oxygens (including phenoxy) is 2. The van der Waals surface area contributed by atoms with Crippen LogP contribution in [-0.4, -0.2) is 44.1 Å². The first-order chi connectivity index (χ1) is 7.66. The van der Waals surface area contributed by atoms with E-state index in [0.29, 0.717) is 5.11 Å². The van der Waals surface area contributed by atoms with E-state index in [4.69, 9.17) is 21.7 Å². The Morgan fingerprint density at radius 1 is 1.56 bits per heavy atom. The first-order valence-corrected chi connectivity index (χ1v) is 6.20. The Morgan fingerprint density at radius 2 is 2.38 bits per heavy atom. The van der Waals surface area contributed by atoms with Crippen molar-refractivity contribution in [3.8, 4) is 0 Å². The fourth-order valence-electron chi connectivity index (χ4n) is 1.77. The van der Waals surface area contributed by atoms with Gasteiger partial charge in [-0.15, -0.1) is 0 Å². The maximum atomic E-state index is 5.46. The van der Waals surface area contributed by atoms with Crippen LogP contribution in [0.2, 0.25) is 0 Å². The number of hydrogen-bond acceptors (Lipinski definition) is 3. The minimum absolute atomic E-state index is 0.0103. The lowest BCUT2D eigenvalue weighted by Gasteiger charge is -2.35. The lowest BCUT2D eigenvalue weighted by atomic mass is 9.95. The molecule has 1 heterocycles. The standard InChI is InChI=1S/C11H22N2O2S/c1-11(5-3-8-15-9-11)13-10(16)12-6-4-7-14-2/h3-9H2,1-2H3,(H2,12,13,16). The van der Waals surface area contributed by atoms with Crippen molar-refractivity contribution < 1.29 is 9.47 Å². The highest BCUT2D eigenvalue weighted by molar-refractivity contribution is 7.80. The van der Waals surface area contributed by atoms with Gasteiger partial charge in [0.1, 0.15) is 0 Å². The van der Waals surface area contributed by atoms with Crippen LogP contribution >= 0.6 is 12.2 Å². The van der Waals surface area contributed by atoms with Gasteiger partial charge in [-0.2, -0.15) is 0 Å². The fraction of sp³-hybridized carbons (Fsp3) is 0.909. The quantitative estimate of drug-likeness (QED) is 0.561. The van der Waals surface area contributed by atoms with Crippen molar-refractivity contribution in [1.82, 2.24) is 10.6 Å². The first kappa shape index (κ1) is 13.7. The molecular formula is C11H22N2O2S. The Hall–Kier alpha value is -0.390. The molecule has 1 aliphatic rings. The van der Waals surface area contributed by atoms with Crippen LogP contribution in [0.15, 0.2) is 0 Å². The molecule has 16 heavy (non-hydrogen) atoms. The van der Waals surface area contributed by atoms with E-state index in [1.807, 2.05) is 0 Å². The number of thiocarbonyl (C=S) groups is 1. The minimum atomic E-state index is -0.0103. The summed E-state index contributed by atoms with van der Waals surface area (Å²) in [6, 6.07) is 0. The van der Waals surface area contributed by atoms with Crippen molar-refractivity contribution in [2.24, 2.45) is 0 Å². The number of nitrogens with one attached hydrogen (secondary N) is 2. The molecule has 1 atom stereocenters. The Kier molecular flexibility index (Phi) is 6.01. The second kappa shape index (κ2) is 7.04. The molecule has 0 aromatic carbocycles. The van der Waals surface area contributed by atoms with Crippen molar-refractivity contribution in [1.29, 1.82) is 0 Å². The average molecular weight is 246 g/mol. The molecule has 1 fully saturated rings. The van der Waals surface area contributed by atoms with Gasteiger partial charge in [-0.05, 0) is 38.4 Å². The summed E-state index contributed by atoms with van der Waals surface area (Å²) in [5, 5.41) is 7.21. The molecule has 0 amide bonds. The predicted molar refractivity (Wildman–Crippen MR) is 68.7 cm³/mol. The summed E-state index contributed by atoms with van der Waals surface area (Å²) in [6.45, 7) is 5.35. The topological polar surface area (TPSA) is 42.5 Å². The van der Waals surface area contributed by atoms with Crippen LogP contribution in [0.1, 0.15) is 26.2 Å². The van der Waals surface area contributed by atoms with Crippen LogP contribution in [0.5, 0.6) is 0 Å². The molecule has 0 saturated carbocycles. The van der Waals surface area contributed by atoms with Gasteiger partial charge >= 0.3 is 0 Å². The smallest absolute Gasteiger partial charge is 0.166 e. The van der Waals surface area contributed by atoms with E-state index in [-0.39, 0.29) is 5.54 Å². The van der Waals surface area contributed by atoms with Crippen LogP contribution in [0, 0.1) is 0 Å².